The summed E-state index contributed by atoms with van der Waals surface area (Å²) < 4.78 is 18.8. The van der Waals surface area contributed by atoms with Gasteiger partial charge < -0.3 is 9.64 Å². The van der Waals surface area contributed by atoms with Crippen molar-refractivity contribution >= 4 is 25.3 Å². The molecule has 3 rings (SSSR count). The van der Waals surface area contributed by atoms with E-state index in [0.717, 1.165) is 5.56 Å². The second-order valence-corrected chi connectivity index (χ2v) is 5.86. The zero-order valence-corrected chi connectivity index (χ0v) is 15.0. The minimum atomic E-state index is -0.636. The molecule has 8 heteroatoms. The van der Waals surface area contributed by atoms with Crippen LogP contribution in [-0.2, 0) is 6.54 Å². The lowest BCUT2D eigenvalue weighted by Gasteiger charge is -2.26. The number of hydrogen-bond donors (Lipinski definition) is 2. The Kier molecular flexibility index (Phi) is 6.23. The van der Waals surface area contributed by atoms with Gasteiger partial charge in [-0.25, -0.2) is 9.87 Å². The highest BCUT2D eigenvalue weighted by Crippen LogP contribution is 2.27. The van der Waals surface area contributed by atoms with E-state index in [0.29, 0.717) is 17.9 Å². The van der Waals surface area contributed by atoms with Gasteiger partial charge >= 0.3 is 0 Å². The van der Waals surface area contributed by atoms with Crippen molar-refractivity contribution in [1.29, 1.82) is 0 Å². The Hall–Kier alpha value is -2.58. The van der Waals surface area contributed by atoms with Crippen LogP contribution in [0.15, 0.2) is 42.5 Å². The van der Waals surface area contributed by atoms with E-state index >= 15 is 0 Å². The van der Waals surface area contributed by atoms with Crippen molar-refractivity contribution < 1.29 is 23.9 Å². The van der Waals surface area contributed by atoms with Gasteiger partial charge in [0.25, 0.3) is 11.8 Å². The fourth-order valence-corrected chi connectivity index (χ4v) is 2.70. The van der Waals surface area contributed by atoms with Crippen molar-refractivity contribution in [3.63, 3.8) is 0 Å². The summed E-state index contributed by atoms with van der Waals surface area (Å²) >= 11 is 0. The van der Waals surface area contributed by atoms with E-state index in [-0.39, 0.29) is 37.6 Å². The molecule has 2 N–H and O–H groups in total. The summed E-state index contributed by atoms with van der Waals surface area (Å²) in [5.41, 5.74) is 2.97. The number of benzene rings is 2. The van der Waals surface area contributed by atoms with Crippen molar-refractivity contribution in [2.75, 3.05) is 6.61 Å². The molecule has 0 unspecified atom stereocenters. The highest BCUT2D eigenvalue weighted by Gasteiger charge is 2.27. The van der Waals surface area contributed by atoms with Gasteiger partial charge in [-0.3, -0.25) is 14.8 Å². The van der Waals surface area contributed by atoms with E-state index in [1.165, 1.54) is 30.3 Å². The van der Waals surface area contributed by atoms with E-state index < -0.39 is 11.7 Å². The molecule has 1 atom stereocenters. The number of hydrogen-bond acceptors (Lipinski definition) is 4. The number of amides is 2. The molecule has 138 valence electrons. The van der Waals surface area contributed by atoms with Crippen molar-refractivity contribution in [3.8, 4) is 5.75 Å². The van der Waals surface area contributed by atoms with E-state index in [1.807, 2.05) is 6.92 Å². The number of carbonyl (C=O) groups is 2. The molecule has 0 spiro atoms. The number of fused-ring (bicyclic) bond motifs is 1. The van der Waals surface area contributed by atoms with Crippen LogP contribution in [0.3, 0.4) is 0 Å². The first kappa shape index (κ1) is 19.7. The largest absolute Gasteiger partial charge is 0.491 e. The third-order valence-electron chi connectivity index (χ3n) is 4.14. The summed E-state index contributed by atoms with van der Waals surface area (Å²) in [6.45, 7) is 2.41. The molecule has 2 aromatic rings. The molecule has 2 amide bonds. The molecule has 0 fully saturated rings. The standard InChI is InChI=1S/C18H17FN2O4.H2S/c1-11-10-25-16-8-13(17(22)20-24)2-3-14(16)9-21(11)18(23)12-4-6-15(19)7-5-12;/h2-8,11,24H,9-10H2,1H3,(H,20,22);1H2/t11-;/m0./s1. The molecule has 2 aromatic carbocycles. The maximum atomic E-state index is 13.1. The molecule has 1 heterocycles. The number of halogens is 1. The number of ether oxygens (including phenoxy) is 1. The van der Waals surface area contributed by atoms with Gasteiger partial charge in [0.15, 0.2) is 0 Å². The van der Waals surface area contributed by atoms with Crippen molar-refractivity contribution in [2.24, 2.45) is 0 Å². The van der Waals surface area contributed by atoms with Gasteiger partial charge in [-0.2, -0.15) is 13.5 Å². The molecule has 0 saturated heterocycles. The quantitative estimate of drug-likeness (QED) is 0.622. The Bertz CT molecular complexity index is 813. The fourth-order valence-electron chi connectivity index (χ4n) is 2.70. The van der Waals surface area contributed by atoms with E-state index in [4.69, 9.17) is 9.94 Å². The van der Waals surface area contributed by atoms with Crippen LogP contribution in [-0.4, -0.2) is 34.6 Å². The van der Waals surface area contributed by atoms with Crippen molar-refractivity contribution in [3.05, 3.63) is 65.0 Å². The van der Waals surface area contributed by atoms with E-state index in [9.17, 15) is 14.0 Å². The molecule has 6 nitrogen and oxygen atoms in total. The number of nitrogens with one attached hydrogen (secondary N) is 1. The highest BCUT2D eigenvalue weighted by molar-refractivity contribution is 7.59. The third-order valence-corrected chi connectivity index (χ3v) is 4.14. The van der Waals surface area contributed by atoms with Crippen LogP contribution in [0.1, 0.15) is 33.2 Å². The summed E-state index contributed by atoms with van der Waals surface area (Å²) in [4.78, 5) is 25.9. The maximum Gasteiger partial charge on any atom is 0.274 e. The Balaban J connectivity index is 0.00000243. The van der Waals surface area contributed by atoms with E-state index in [1.54, 1.807) is 22.5 Å². The predicted molar refractivity (Wildman–Crippen MR) is 97.3 cm³/mol. The van der Waals surface area contributed by atoms with Crippen LogP contribution >= 0.6 is 13.5 Å². The first-order valence-corrected chi connectivity index (χ1v) is 7.76. The third kappa shape index (κ3) is 3.97. The lowest BCUT2D eigenvalue weighted by atomic mass is 10.1. The Morgan fingerprint density at radius 2 is 1.85 bits per heavy atom. The van der Waals surface area contributed by atoms with Crippen LogP contribution < -0.4 is 10.2 Å². The molecular weight excluding hydrogens is 359 g/mol. The SMILES string of the molecule is C[C@H]1COc2cc(C(=O)NO)ccc2CN1C(=O)c1ccc(F)cc1.S. The monoisotopic (exact) mass is 378 g/mol. The summed E-state index contributed by atoms with van der Waals surface area (Å²) in [5.74, 6) is -0.768. The molecule has 0 aliphatic carbocycles. The fraction of sp³-hybridized carbons (Fsp3) is 0.222. The van der Waals surface area contributed by atoms with Crippen LogP contribution in [0, 0.1) is 5.82 Å². The summed E-state index contributed by atoms with van der Waals surface area (Å²) in [6, 6.07) is 9.95. The van der Waals surface area contributed by atoms with Crippen molar-refractivity contribution in [1.82, 2.24) is 10.4 Å². The molecular formula is C18H19FN2O4S. The summed E-state index contributed by atoms with van der Waals surface area (Å²) in [5, 5.41) is 8.73. The normalized spacial score (nSPS) is 15.8. The average Bonchev–Trinajstić information content (AvgIpc) is 2.79. The van der Waals surface area contributed by atoms with Gasteiger partial charge in [-0.05, 0) is 43.3 Å². The second-order valence-electron chi connectivity index (χ2n) is 5.86. The summed E-state index contributed by atoms with van der Waals surface area (Å²) in [6.07, 6.45) is 0. The minimum absolute atomic E-state index is 0. The smallest absolute Gasteiger partial charge is 0.274 e. The van der Waals surface area contributed by atoms with Crippen molar-refractivity contribution in [2.45, 2.75) is 19.5 Å². The van der Waals surface area contributed by atoms with Gasteiger partial charge in [0.1, 0.15) is 18.2 Å². The van der Waals surface area contributed by atoms with Gasteiger partial charge in [-0.1, -0.05) is 6.07 Å². The molecule has 26 heavy (non-hydrogen) atoms. The Labute approximate surface area is 157 Å². The molecule has 0 saturated carbocycles. The summed E-state index contributed by atoms with van der Waals surface area (Å²) in [7, 11) is 0. The Morgan fingerprint density at radius 3 is 2.50 bits per heavy atom. The molecule has 0 bridgehead atoms. The lowest BCUT2D eigenvalue weighted by Crippen LogP contribution is -2.39. The van der Waals surface area contributed by atoms with Crippen LogP contribution in [0.5, 0.6) is 5.75 Å². The first-order valence-electron chi connectivity index (χ1n) is 7.76. The number of carbonyl (C=O) groups excluding carboxylic acids is 2. The van der Waals surface area contributed by atoms with Gasteiger partial charge in [0.2, 0.25) is 0 Å². The molecule has 1 aliphatic heterocycles. The van der Waals surface area contributed by atoms with Crippen LogP contribution in [0.25, 0.3) is 0 Å². The molecule has 0 aromatic heterocycles. The molecule has 1 aliphatic rings. The number of rotatable bonds is 2. The predicted octanol–water partition coefficient (Wildman–Crippen LogP) is 2.48. The molecule has 0 radical (unpaired) electrons. The lowest BCUT2D eigenvalue weighted by molar-refractivity contribution is 0.0645. The number of nitrogens with zero attached hydrogens (tertiary/aromatic N) is 1. The van der Waals surface area contributed by atoms with Crippen LogP contribution in [0.4, 0.5) is 4.39 Å². The zero-order chi connectivity index (χ0) is 18.0. The average molecular weight is 378 g/mol. The van der Waals surface area contributed by atoms with Gasteiger partial charge in [-0.15, -0.1) is 0 Å². The van der Waals surface area contributed by atoms with E-state index in [2.05, 4.69) is 0 Å². The topological polar surface area (TPSA) is 78.9 Å². The highest BCUT2D eigenvalue weighted by atomic mass is 32.1. The maximum absolute atomic E-state index is 13.1. The number of hydroxylamine groups is 1. The minimum Gasteiger partial charge on any atom is -0.491 e. The van der Waals surface area contributed by atoms with Crippen LogP contribution in [0.2, 0.25) is 0 Å². The second kappa shape index (κ2) is 8.20. The first-order chi connectivity index (χ1) is 12.0. The zero-order valence-electron chi connectivity index (χ0n) is 14.0. The van der Waals surface area contributed by atoms with Gasteiger partial charge in [0, 0.05) is 16.7 Å². The Morgan fingerprint density at radius 1 is 1.19 bits per heavy atom. The van der Waals surface area contributed by atoms with Gasteiger partial charge in [0.05, 0.1) is 12.6 Å².